The second-order valence-electron chi connectivity index (χ2n) is 4.05. The number of ether oxygens (including phenoxy) is 1. The topological polar surface area (TPSA) is 55.5 Å². The molecule has 1 fully saturated rings. The van der Waals surface area contributed by atoms with Crippen LogP contribution in [0.4, 0.5) is 0 Å². The lowest BCUT2D eigenvalue weighted by atomic mass is 9.90. The summed E-state index contributed by atoms with van der Waals surface area (Å²) in [5.41, 5.74) is 5.79. The van der Waals surface area contributed by atoms with E-state index in [4.69, 9.17) is 10.5 Å². The highest BCUT2D eigenvalue weighted by atomic mass is 16.5. The van der Waals surface area contributed by atoms with E-state index in [1.807, 2.05) is 30.3 Å². The Labute approximate surface area is 89.9 Å². The largest absolute Gasteiger partial charge is 0.488 e. The summed E-state index contributed by atoms with van der Waals surface area (Å²) in [6.07, 6.45) is 2.09. The maximum atomic E-state index is 9.85. The van der Waals surface area contributed by atoms with Gasteiger partial charge in [0, 0.05) is 6.04 Å². The smallest absolute Gasteiger partial charge is 0.126 e. The van der Waals surface area contributed by atoms with Crippen molar-refractivity contribution in [3.63, 3.8) is 0 Å². The Morgan fingerprint density at radius 2 is 1.93 bits per heavy atom. The molecule has 1 saturated carbocycles. The highest BCUT2D eigenvalue weighted by molar-refractivity contribution is 5.21. The summed E-state index contributed by atoms with van der Waals surface area (Å²) in [4.78, 5) is 0. The molecule has 1 aromatic rings. The van der Waals surface area contributed by atoms with Gasteiger partial charge in [-0.3, -0.25) is 0 Å². The molecule has 0 spiro atoms. The van der Waals surface area contributed by atoms with Crippen molar-refractivity contribution >= 4 is 0 Å². The van der Waals surface area contributed by atoms with Crippen molar-refractivity contribution in [2.45, 2.75) is 37.5 Å². The molecule has 3 atom stereocenters. The van der Waals surface area contributed by atoms with Crippen LogP contribution in [0.2, 0.25) is 0 Å². The van der Waals surface area contributed by atoms with Gasteiger partial charge in [0.2, 0.25) is 0 Å². The average Bonchev–Trinajstić information content (AvgIpc) is 2.26. The molecule has 0 bridgehead atoms. The summed E-state index contributed by atoms with van der Waals surface area (Å²) in [5.74, 6) is 0.802. The van der Waals surface area contributed by atoms with Gasteiger partial charge in [-0.1, -0.05) is 18.2 Å². The Bertz CT molecular complexity index is 302. The van der Waals surface area contributed by atoms with Gasteiger partial charge in [0.25, 0.3) is 0 Å². The molecule has 1 aromatic carbocycles. The number of aliphatic hydroxyl groups excluding tert-OH is 1. The van der Waals surface area contributed by atoms with Gasteiger partial charge in [0.05, 0.1) is 0 Å². The minimum atomic E-state index is -0.543. The summed E-state index contributed by atoms with van der Waals surface area (Å²) in [6.45, 7) is 0. The van der Waals surface area contributed by atoms with Crippen molar-refractivity contribution in [2.24, 2.45) is 5.73 Å². The van der Waals surface area contributed by atoms with Crippen LogP contribution in [0.1, 0.15) is 19.3 Å². The van der Waals surface area contributed by atoms with Gasteiger partial charge in [-0.2, -0.15) is 0 Å². The lowest BCUT2D eigenvalue weighted by molar-refractivity contribution is -0.00585. The third kappa shape index (κ3) is 2.49. The molecule has 15 heavy (non-hydrogen) atoms. The first kappa shape index (κ1) is 10.5. The van der Waals surface area contributed by atoms with E-state index in [0.717, 1.165) is 25.0 Å². The zero-order valence-electron chi connectivity index (χ0n) is 8.67. The summed E-state index contributed by atoms with van der Waals surface area (Å²) in [5, 5.41) is 9.85. The van der Waals surface area contributed by atoms with Crippen molar-refractivity contribution in [1.82, 2.24) is 0 Å². The highest BCUT2D eigenvalue weighted by Crippen LogP contribution is 2.23. The van der Waals surface area contributed by atoms with E-state index in [9.17, 15) is 5.11 Å². The molecule has 1 aliphatic carbocycles. The quantitative estimate of drug-likeness (QED) is 0.768. The molecule has 3 N–H and O–H groups in total. The van der Waals surface area contributed by atoms with Gasteiger partial charge in [-0.15, -0.1) is 0 Å². The van der Waals surface area contributed by atoms with E-state index in [-0.39, 0.29) is 12.1 Å². The molecule has 0 aromatic heterocycles. The molecular formula is C12H17NO2. The molecule has 1 aliphatic rings. The minimum absolute atomic E-state index is 0.146. The average molecular weight is 207 g/mol. The SMILES string of the molecule is N[C@@H]1CCC[C@@H](Oc2ccccc2)[C@@H]1O. The van der Waals surface area contributed by atoms with E-state index in [0.29, 0.717) is 0 Å². The van der Waals surface area contributed by atoms with Gasteiger partial charge in [-0.25, -0.2) is 0 Å². The van der Waals surface area contributed by atoms with Crippen LogP contribution in [0.3, 0.4) is 0 Å². The van der Waals surface area contributed by atoms with Crippen molar-refractivity contribution < 1.29 is 9.84 Å². The molecule has 0 amide bonds. The normalized spacial score (nSPS) is 31.2. The van der Waals surface area contributed by atoms with Crippen LogP contribution >= 0.6 is 0 Å². The van der Waals surface area contributed by atoms with Crippen molar-refractivity contribution in [3.8, 4) is 5.75 Å². The summed E-state index contributed by atoms with van der Waals surface area (Å²) in [6, 6.07) is 9.43. The fourth-order valence-electron chi connectivity index (χ4n) is 1.97. The molecule has 3 heteroatoms. The van der Waals surface area contributed by atoms with Gasteiger partial charge < -0.3 is 15.6 Å². The predicted molar refractivity (Wildman–Crippen MR) is 58.7 cm³/mol. The Hall–Kier alpha value is -1.06. The van der Waals surface area contributed by atoms with Crippen molar-refractivity contribution in [2.75, 3.05) is 0 Å². The monoisotopic (exact) mass is 207 g/mol. The van der Waals surface area contributed by atoms with Crippen LogP contribution < -0.4 is 10.5 Å². The van der Waals surface area contributed by atoms with Gasteiger partial charge in [-0.05, 0) is 31.4 Å². The van der Waals surface area contributed by atoms with Gasteiger partial charge >= 0.3 is 0 Å². The molecule has 0 radical (unpaired) electrons. The fraction of sp³-hybridized carbons (Fsp3) is 0.500. The molecule has 0 saturated heterocycles. The third-order valence-corrected chi connectivity index (χ3v) is 2.88. The maximum Gasteiger partial charge on any atom is 0.126 e. The Morgan fingerprint density at radius 1 is 1.20 bits per heavy atom. The number of nitrogens with two attached hydrogens (primary N) is 1. The molecule has 0 heterocycles. The molecule has 82 valence electrons. The second-order valence-corrected chi connectivity index (χ2v) is 4.05. The molecule has 0 aliphatic heterocycles. The van der Waals surface area contributed by atoms with E-state index in [1.54, 1.807) is 0 Å². The fourth-order valence-corrected chi connectivity index (χ4v) is 1.97. The maximum absolute atomic E-state index is 9.85. The minimum Gasteiger partial charge on any atom is -0.488 e. The summed E-state index contributed by atoms with van der Waals surface area (Å²) >= 11 is 0. The summed E-state index contributed by atoms with van der Waals surface area (Å²) in [7, 11) is 0. The van der Waals surface area contributed by atoms with E-state index in [1.165, 1.54) is 0 Å². The van der Waals surface area contributed by atoms with Crippen molar-refractivity contribution in [3.05, 3.63) is 30.3 Å². The van der Waals surface area contributed by atoms with E-state index in [2.05, 4.69) is 0 Å². The van der Waals surface area contributed by atoms with E-state index >= 15 is 0 Å². The van der Waals surface area contributed by atoms with Crippen LogP contribution in [-0.2, 0) is 0 Å². The molecule has 2 rings (SSSR count). The van der Waals surface area contributed by atoms with Gasteiger partial charge in [0.15, 0.2) is 0 Å². The van der Waals surface area contributed by atoms with Crippen LogP contribution in [0.15, 0.2) is 30.3 Å². The standard InChI is InChI=1S/C12H17NO2/c13-10-7-4-8-11(12(10)14)15-9-5-2-1-3-6-9/h1-3,5-6,10-12,14H,4,7-8,13H2/t10-,11-,12-/m1/s1. The number of hydrogen-bond donors (Lipinski definition) is 2. The van der Waals surface area contributed by atoms with Crippen molar-refractivity contribution in [1.29, 1.82) is 0 Å². The zero-order chi connectivity index (χ0) is 10.7. The Kier molecular flexibility index (Phi) is 3.23. The molecule has 0 unspecified atom stereocenters. The first-order valence-electron chi connectivity index (χ1n) is 5.43. The molecule has 3 nitrogen and oxygen atoms in total. The second kappa shape index (κ2) is 4.64. The van der Waals surface area contributed by atoms with Crippen LogP contribution in [0.5, 0.6) is 5.75 Å². The lowest BCUT2D eigenvalue weighted by Gasteiger charge is -2.32. The molecular weight excluding hydrogens is 190 g/mol. The predicted octanol–water partition coefficient (Wildman–Crippen LogP) is 1.31. The number of rotatable bonds is 2. The number of hydrogen-bond acceptors (Lipinski definition) is 3. The lowest BCUT2D eigenvalue weighted by Crippen LogP contribution is -2.48. The van der Waals surface area contributed by atoms with Crippen LogP contribution in [0, 0.1) is 0 Å². The zero-order valence-corrected chi connectivity index (χ0v) is 8.67. The summed E-state index contributed by atoms with van der Waals surface area (Å²) < 4.78 is 5.71. The Morgan fingerprint density at radius 3 is 2.67 bits per heavy atom. The first-order chi connectivity index (χ1) is 7.27. The third-order valence-electron chi connectivity index (χ3n) is 2.88. The van der Waals surface area contributed by atoms with Gasteiger partial charge in [0.1, 0.15) is 18.0 Å². The first-order valence-corrected chi connectivity index (χ1v) is 5.43. The Balaban J connectivity index is 1.99. The number of benzene rings is 1. The number of aliphatic hydroxyl groups is 1. The van der Waals surface area contributed by atoms with Crippen LogP contribution in [0.25, 0.3) is 0 Å². The van der Waals surface area contributed by atoms with Crippen LogP contribution in [-0.4, -0.2) is 23.4 Å². The number of para-hydroxylation sites is 1. The highest BCUT2D eigenvalue weighted by Gasteiger charge is 2.30. The van der Waals surface area contributed by atoms with E-state index < -0.39 is 6.10 Å².